The fraction of sp³-hybridized carbons (Fsp3) is 0.269. The van der Waals surface area contributed by atoms with Gasteiger partial charge < -0.3 is 14.7 Å². The largest absolute Gasteiger partial charge is 0.508 e. The molecule has 2 fully saturated rings. The van der Waals surface area contributed by atoms with Crippen molar-refractivity contribution < 1.29 is 14.2 Å². The molecule has 2 aromatic heterocycles. The Kier molecular flexibility index (Phi) is 4.21. The van der Waals surface area contributed by atoms with E-state index in [4.69, 9.17) is 16.1 Å². The number of methoxy groups -OCH3 is 1. The molecule has 164 valence electrons. The molecule has 0 atom stereocenters. The van der Waals surface area contributed by atoms with E-state index in [0.717, 1.165) is 43.4 Å². The van der Waals surface area contributed by atoms with E-state index in [1.165, 1.54) is 13.2 Å². The number of aromatic nitrogens is 3. The average Bonchev–Trinajstić information content (AvgIpc) is 3.48. The Labute approximate surface area is 190 Å². The summed E-state index contributed by atoms with van der Waals surface area (Å²) in [6, 6.07) is 8.16. The normalized spacial score (nSPS) is 16.5. The van der Waals surface area contributed by atoms with Gasteiger partial charge in [0.2, 0.25) is 0 Å². The second-order valence-corrected chi connectivity index (χ2v) is 8.76. The van der Waals surface area contributed by atoms with Gasteiger partial charge in [0.15, 0.2) is 0 Å². The summed E-state index contributed by atoms with van der Waals surface area (Å²) in [4.78, 5) is 16.3. The highest BCUT2D eigenvalue weighted by Gasteiger charge is 2.51. The second kappa shape index (κ2) is 7.04. The highest BCUT2D eigenvalue weighted by atomic mass is 19.1. The third kappa shape index (κ3) is 2.98. The molecule has 6 rings (SSSR count). The van der Waals surface area contributed by atoms with E-state index in [9.17, 15) is 9.50 Å². The quantitative estimate of drug-likeness (QED) is 0.461. The van der Waals surface area contributed by atoms with Crippen molar-refractivity contribution >= 4 is 27.5 Å². The minimum absolute atomic E-state index is 0.0515. The summed E-state index contributed by atoms with van der Waals surface area (Å²) in [5.74, 6) is 2.84. The zero-order chi connectivity index (χ0) is 22.7. The Morgan fingerprint density at radius 3 is 2.79 bits per heavy atom. The number of phenolic OH excluding ortho intramolecular Hbond substituents is 1. The van der Waals surface area contributed by atoms with Gasteiger partial charge in [-0.2, -0.15) is 4.98 Å². The first-order valence-corrected chi connectivity index (χ1v) is 10.9. The summed E-state index contributed by atoms with van der Waals surface area (Å²) in [5, 5.41) is 12.5. The summed E-state index contributed by atoms with van der Waals surface area (Å²) in [6.45, 7) is 0.905. The SMILES string of the molecule is C#Cc1c(F)ccc2cc(O)cc(-c3cc4nc(OC)ncc4c(N4CCCC45CC5)n3)c12. The van der Waals surface area contributed by atoms with Crippen LogP contribution in [0.15, 0.2) is 36.5 Å². The molecule has 4 aromatic rings. The van der Waals surface area contributed by atoms with E-state index in [1.807, 2.05) is 6.07 Å². The molecule has 33 heavy (non-hydrogen) atoms. The smallest absolute Gasteiger partial charge is 0.316 e. The van der Waals surface area contributed by atoms with Crippen LogP contribution in [-0.4, -0.2) is 39.3 Å². The highest BCUT2D eigenvalue weighted by molar-refractivity contribution is 6.03. The van der Waals surface area contributed by atoms with Gasteiger partial charge in [-0.3, -0.25) is 0 Å². The molecule has 0 bridgehead atoms. The zero-order valence-corrected chi connectivity index (χ0v) is 18.1. The van der Waals surface area contributed by atoms with Crippen molar-refractivity contribution in [3.05, 3.63) is 47.9 Å². The van der Waals surface area contributed by atoms with Crippen LogP contribution in [-0.2, 0) is 0 Å². The number of halogens is 1. The Morgan fingerprint density at radius 2 is 2.03 bits per heavy atom. The van der Waals surface area contributed by atoms with Crippen molar-refractivity contribution in [2.24, 2.45) is 0 Å². The van der Waals surface area contributed by atoms with Crippen molar-refractivity contribution in [3.63, 3.8) is 0 Å². The monoisotopic (exact) mass is 440 g/mol. The van der Waals surface area contributed by atoms with Crippen LogP contribution in [0.1, 0.15) is 31.2 Å². The van der Waals surface area contributed by atoms with Crippen LogP contribution in [0.4, 0.5) is 10.2 Å². The van der Waals surface area contributed by atoms with E-state index < -0.39 is 5.82 Å². The predicted molar refractivity (Wildman–Crippen MR) is 125 cm³/mol. The number of phenols is 1. The van der Waals surface area contributed by atoms with Gasteiger partial charge >= 0.3 is 6.01 Å². The molecule has 7 heteroatoms. The second-order valence-electron chi connectivity index (χ2n) is 8.76. The highest BCUT2D eigenvalue weighted by Crippen LogP contribution is 2.52. The molecule has 2 aliphatic rings. The summed E-state index contributed by atoms with van der Waals surface area (Å²) in [6.07, 6.45) is 11.9. The van der Waals surface area contributed by atoms with Crippen LogP contribution in [0.3, 0.4) is 0 Å². The fourth-order valence-corrected chi connectivity index (χ4v) is 5.14. The van der Waals surface area contributed by atoms with Gasteiger partial charge in [0.25, 0.3) is 0 Å². The Balaban J connectivity index is 1.68. The van der Waals surface area contributed by atoms with Crippen LogP contribution in [0.5, 0.6) is 11.8 Å². The Hall–Kier alpha value is -3.92. The van der Waals surface area contributed by atoms with Crippen molar-refractivity contribution in [2.75, 3.05) is 18.6 Å². The first-order valence-electron chi connectivity index (χ1n) is 10.9. The van der Waals surface area contributed by atoms with Gasteiger partial charge in [-0.1, -0.05) is 12.0 Å². The Morgan fingerprint density at radius 1 is 1.18 bits per heavy atom. The maximum atomic E-state index is 14.6. The molecule has 1 N–H and O–H groups in total. The maximum absolute atomic E-state index is 14.6. The number of ether oxygens (including phenoxy) is 1. The minimum atomic E-state index is -0.488. The summed E-state index contributed by atoms with van der Waals surface area (Å²) >= 11 is 0. The van der Waals surface area contributed by atoms with Gasteiger partial charge in [-0.25, -0.2) is 14.4 Å². The van der Waals surface area contributed by atoms with E-state index >= 15 is 0 Å². The molecule has 1 spiro atoms. The van der Waals surface area contributed by atoms with Crippen LogP contribution in [0, 0.1) is 18.2 Å². The summed E-state index contributed by atoms with van der Waals surface area (Å²) < 4.78 is 19.9. The molecule has 3 heterocycles. The van der Waals surface area contributed by atoms with Crippen molar-refractivity contribution in [3.8, 4) is 35.4 Å². The lowest BCUT2D eigenvalue weighted by Crippen LogP contribution is -2.32. The third-order valence-electron chi connectivity index (χ3n) is 6.87. The molecule has 0 amide bonds. The molecule has 6 nitrogen and oxygen atoms in total. The number of terminal acetylenes is 1. The fourth-order valence-electron chi connectivity index (χ4n) is 5.14. The lowest BCUT2D eigenvalue weighted by molar-refractivity contribution is 0.382. The van der Waals surface area contributed by atoms with Crippen LogP contribution in [0.2, 0.25) is 0 Å². The molecule has 1 saturated heterocycles. The number of rotatable bonds is 3. The van der Waals surface area contributed by atoms with E-state index in [2.05, 4.69) is 20.8 Å². The molecule has 0 unspecified atom stereocenters. The van der Waals surface area contributed by atoms with E-state index in [-0.39, 0.29) is 22.9 Å². The number of benzene rings is 2. The lowest BCUT2D eigenvalue weighted by Gasteiger charge is -2.27. The van der Waals surface area contributed by atoms with Crippen LogP contribution >= 0.6 is 0 Å². The van der Waals surface area contributed by atoms with E-state index in [0.29, 0.717) is 27.5 Å². The average molecular weight is 440 g/mol. The summed E-state index contributed by atoms with van der Waals surface area (Å²) in [7, 11) is 1.52. The van der Waals surface area contributed by atoms with Gasteiger partial charge in [0.1, 0.15) is 17.4 Å². The first-order chi connectivity index (χ1) is 16.0. The van der Waals surface area contributed by atoms with Crippen molar-refractivity contribution in [1.29, 1.82) is 0 Å². The standard InChI is InChI=1S/C26H21FN4O2/c1-3-17-20(27)6-5-15-11-16(32)12-18(23(15)17)21-13-22-19(14-28-25(30-22)33-2)24(29-21)31-10-4-7-26(31)8-9-26/h1,5-6,11-14,32H,4,7-10H2,2H3. The van der Waals surface area contributed by atoms with Gasteiger partial charge in [-0.15, -0.1) is 6.42 Å². The first kappa shape index (κ1) is 19.7. The van der Waals surface area contributed by atoms with Gasteiger partial charge in [-0.05, 0) is 55.3 Å². The van der Waals surface area contributed by atoms with Crippen molar-refractivity contribution in [2.45, 2.75) is 31.2 Å². The molecule has 2 aromatic carbocycles. The lowest BCUT2D eigenvalue weighted by atomic mass is 9.96. The molecule has 1 aliphatic carbocycles. The number of pyridine rings is 1. The third-order valence-corrected chi connectivity index (χ3v) is 6.87. The van der Waals surface area contributed by atoms with Gasteiger partial charge in [0.05, 0.1) is 29.3 Å². The van der Waals surface area contributed by atoms with E-state index in [1.54, 1.807) is 24.4 Å². The number of fused-ring (bicyclic) bond motifs is 2. The number of nitrogens with zero attached hydrogens (tertiary/aromatic N) is 4. The molecular formula is C26H21FN4O2. The zero-order valence-electron chi connectivity index (χ0n) is 18.1. The molecule has 1 aliphatic heterocycles. The molecular weight excluding hydrogens is 419 g/mol. The Bertz CT molecular complexity index is 1490. The minimum Gasteiger partial charge on any atom is -0.508 e. The summed E-state index contributed by atoms with van der Waals surface area (Å²) in [5.41, 5.74) is 2.08. The molecule has 0 radical (unpaired) electrons. The van der Waals surface area contributed by atoms with Gasteiger partial charge in [0, 0.05) is 29.2 Å². The van der Waals surface area contributed by atoms with Crippen LogP contribution in [0.25, 0.3) is 32.9 Å². The number of hydrogen-bond donors (Lipinski definition) is 1. The number of hydrogen-bond acceptors (Lipinski definition) is 6. The maximum Gasteiger partial charge on any atom is 0.316 e. The molecule has 1 saturated carbocycles. The number of aromatic hydroxyl groups is 1. The van der Waals surface area contributed by atoms with Crippen molar-refractivity contribution in [1.82, 2.24) is 15.0 Å². The topological polar surface area (TPSA) is 71.4 Å². The van der Waals surface area contributed by atoms with Crippen LogP contribution < -0.4 is 9.64 Å². The number of anilines is 1. The predicted octanol–water partition coefficient (Wildman–Crippen LogP) is 4.81.